The van der Waals surface area contributed by atoms with E-state index in [4.69, 9.17) is 0 Å². The van der Waals surface area contributed by atoms with Crippen molar-refractivity contribution in [2.75, 3.05) is 37.6 Å². The molecule has 0 aliphatic carbocycles. The minimum Gasteiger partial charge on any atom is -0.316 e. The molecule has 2 fully saturated rings. The highest BCUT2D eigenvalue weighted by atomic mass is 32.2. The van der Waals surface area contributed by atoms with Gasteiger partial charge in [0.25, 0.3) is 0 Å². The summed E-state index contributed by atoms with van der Waals surface area (Å²) in [6.45, 7) is 5.33. The Labute approximate surface area is 155 Å². The molecule has 26 heavy (non-hydrogen) atoms. The molecule has 1 aromatic rings. The molecule has 1 unspecified atom stereocenters. The molecule has 1 atom stereocenters. The van der Waals surface area contributed by atoms with Crippen LogP contribution in [0, 0.1) is 5.41 Å². The molecule has 1 amide bonds. The fourth-order valence-corrected chi connectivity index (χ4v) is 6.40. The summed E-state index contributed by atoms with van der Waals surface area (Å²) in [6, 6.07) is 5.22. The monoisotopic (exact) mass is 377 g/mol. The first kappa shape index (κ1) is 17.9. The van der Waals surface area contributed by atoms with Gasteiger partial charge in [-0.1, -0.05) is 0 Å². The number of amides is 1. The van der Waals surface area contributed by atoms with Crippen molar-refractivity contribution in [1.29, 1.82) is 0 Å². The number of piperidine rings is 2. The summed E-state index contributed by atoms with van der Waals surface area (Å²) in [5, 5.41) is 3.45. The Morgan fingerprint density at radius 1 is 1.19 bits per heavy atom. The summed E-state index contributed by atoms with van der Waals surface area (Å²) in [4.78, 5) is 13.8. The zero-order valence-corrected chi connectivity index (χ0v) is 16.1. The van der Waals surface area contributed by atoms with Crippen LogP contribution in [0.25, 0.3) is 0 Å². The van der Waals surface area contributed by atoms with Crippen molar-refractivity contribution in [1.82, 2.24) is 9.62 Å². The summed E-state index contributed by atoms with van der Waals surface area (Å²) in [6.07, 6.45) is 4.96. The van der Waals surface area contributed by atoms with Gasteiger partial charge in [-0.2, -0.15) is 4.31 Å². The molecule has 1 aromatic carbocycles. The predicted molar refractivity (Wildman–Crippen MR) is 101 cm³/mol. The first-order valence-electron chi connectivity index (χ1n) is 9.53. The molecule has 3 aliphatic heterocycles. The van der Waals surface area contributed by atoms with Gasteiger partial charge < -0.3 is 10.2 Å². The number of rotatable bonds is 2. The van der Waals surface area contributed by atoms with Crippen molar-refractivity contribution in [2.45, 2.75) is 43.9 Å². The third-order valence-corrected chi connectivity index (χ3v) is 7.99. The van der Waals surface area contributed by atoms with Crippen molar-refractivity contribution in [3.63, 3.8) is 0 Å². The van der Waals surface area contributed by atoms with Crippen LogP contribution < -0.4 is 10.2 Å². The summed E-state index contributed by atoms with van der Waals surface area (Å²) in [5.74, 6) is 0.00197. The molecular weight excluding hydrogens is 350 g/mol. The van der Waals surface area contributed by atoms with Crippen LogP contribution in [-0.4, -0.2) is 51.4 Å². The normalized spacial score (nSPS) is 26.9. The Morgan fingerprint density at radius 3 is 2.73 bits per heavy atom. The molecule has 3 aliphatic rings. The fourth-order valence-electron chi connectivity index (χ4n) is 4.76. The van der Waals surface area contributed by atoms with Crippen molar-refractivity contribution < 1.29 is 13.2 Å². The number of benzene rings is 1. The van der Waals surface area contributed by atoms with Crippen LogP contribution in [0.2, 0.25) is 0 Å². The van der Waals surface area contributed by atoms with Gasteiger partial charge in [0, 0.05) is 38.8 Å². The standard InChI is InChI=1S/C19H27N3O3S/c1-15(23)22-11-6-16-12-17(4-5-18(16)22)26(24,25)21-10-3-8-19(14-21)7-2-9-20-13-19/h4-5,12,20H,2-3,6-11,13-14H2,1H3. The largest absolute Gasteiger partial charge is 0.316 e. The lowest BCUT2D eigenvalue weighted by Crippen LogP contribution is -2.52. The van der Waals surface area contributed by atoms with E-state index < -0.39 is 10.0 Å². The maximum atomic E-state index is 13.3. The number of nitrogens with zero attached hydrogens (tertiary/aromatic N) is 2. The molecule has 7 heteroatoms. The van der Waals surface area contributed by atoms with Crippen molar-refractivity contribution in [3.8, 4) is 0 Å². The minimum atomic E-state index is -3.49. The number of nitrogens with one attached hydrogen (secondary N) is 1. The van der Waals surface area contributed by atoms with Crippen LogP contribution in [0.5, 0.6) is 0 Å². The van der Waals surface area contributed by atoms with E-state index in [-0.39, 0.29) is 11.3 Å². The predicted octanol–water partition coefficient (Wildman–Crippen LogP) is 1.75. The van der Waals surface area contributed by atoms with E-state index in [9.17, 15) is 13.2 Å². The molecule has 4 rings (SSSR count). The molecule has 142 valence electrons. The van der Waals surface area contributed by atoms with Crippen LogP contribution in [0.1, 0.15) is 38.2 Å². The Hall–Kier alpha value is -1.44. The van der Waals surface area contributed by atoms with Gasteiger partial charge in [-0.25, -0.2) is 8.42 Å². The number of carbonyl (C=O) groups is 1. The van der Waals surface area contributed by atoms with Crippen molar-refractivity contribution in [3.05, 3.63) is 23.8 Å². The van der Waals surface area contributed by atoms with Crippen LogP contribution in [-0.2, 0) is 21.2 Å². The van der Waals surface area contributed by atoms with Gasteiger partial charge in [0.05, 0.1) is 4.90 Å². The number of sulfonamides is 1. The molecule has 3 heterocycles. The molecule has 0 saturated carbocycles. The first-order valence-corrected chi connectivity index (χ1v) is 11.0. The lowest BCUT2D eigenvalue weighted by Gasteiger charge is -2.44. The second kappa shape index (κ2) is 6.62. The zero-order valence-electron chi connectivity index (χ0n) is 15.3. The van der Waals surface area contributed by atoms with Gasteiger partial charge in [-0.3, -0.25) is 4.79 Å². The van der Waals surface area contributed by atoms with Gasteiger partial charge >= 0.3 is 0 Å². The number of hydrogen-bond donors (Lipinski definition) is 1. The second-order valence-electron chi connectivity index (χ2n) is 7.93. The highest BCUT2D eigenvalue weighted by Gasteiger charge is 2.41. The SMILES string of the molecule is CC(=O)N1CCc2cc(S(=O)(=O)N3CCCC4(CCCNC4)C3)ccc21. The van der Waals surface area contributed by atoms with E-state index in [0.717, 1.165) is 50.0 Å². The molecule has 1 spiro atoms. The lowest BCUT2D eigenvalue weighted by atomic mass is 9.75. The van der Waals surface area contributed by atoms with Crippen molar-refractivity contribution in [2.24, 2.45) is 5.41 Å². The highest BCUT2D eigenvalue weighted by molar-refractivity contribution is 7.89. The summed E-state index contributed by atoms with van der Waals surface area (Å²) in [7, 11) is -3.49. The van der Waals surface area contributed by atoms with E-state index in [2.05, 4.69) is 5.32 Å². The Bertz CT molecular complexity index is 810. The third-order valence-electron chi connectivity index (χ3n) is 6.15. The zero-order chi connectivity index (χ0) is 18.4. The second-order valence-corrected chi connectivity index (χ2v) is 9.87. The van der Waals surface area contributed by atoms with Gasteiger partial charge in [0.15, 0.2) is 0 Å². The van der Waals surface area contributed by atoms with Crippen LogP contribution in [0.4, 0.5) is 5.69 Å². The van der Waals surface area contributed by atoms with E-state index in [1.807, 2.05) is 0 Å². The van der Waals surface area contributed by atoms with Crippen molar-refractivity contribution >= 4 is 21.6 Å². The first-order chi connectivity index (χ1) is 12.4. The Balaban J connectivity index is 1.60. The fraction of sp³-hybridized carbons (Fsp3) is 0.632. The Kier molecular flexibility index (Phi) is 4.57. The molecule has 0 aromatic heterocycles. The molecule has 6 nitrogen and oxygen atoms in total. The number of fused-ring (bicyclic) bond motifs is 1. The number of carbonyl (C=O) groups excluding carboxylic acids is 1. The summed E-state index contributed by atoms with van der Waals surface area (Å²) < 4.78 is 28.2. The van der Waals surface area contributed by atoms with Gasteiger partial charge in [0.2, 0.25) is 15.9 Å². The smallest absolute Gasteiger partial charge is 0.243 e. The maximum Gasteiger partial charge on any atom is 0.243 e. The minimum absolute atomic E-state index is 0.00197. The average Bonchev–Trinajstić information content (AvgIpc) is 3.06. The summed E-state index contributed by atoms with van der Waals surface area (Å²) >= 11 is 0. The topological polar surface area (TPSA) is 69.7 Å². The highest BCUT2D eigenvalue weighted by Crippen LogP contribution is 2.38. The summed E-state index contributed by atoms with van der Waals surface area (Å²) in [5.41, 5.74) is 1.89. The van der Waals surface area contributed by atoms with E-state index in [1.165, 1.54) is 0 Å². The van der Waals surface area contributed by atoms with Crippen LogP contribution in [0.15, 0.2) is 23.1 Å². The molecular formula is C19H27N3O3S. The molecule has 2 saturated heterocycles. The lowest BCUT2D eigenvalue weighted by molar-refractivity contribution is -0.116. The average molecular weight is 378 g/mol. The number of anilines is 1. The van der Waals surface area contributed by atoms with E-state index in [1.54, 1.807) is 34.3 Å². The van der Waals surface area contributed by atoms with Gasteiger partial charge in [-0.15, -0.1) is 0 Å². The molecule has 0 bridgehead atoms. The molecule has 1 N–H and O–H groups in total. The van der Waals surface area contributed by atoms with E-state index in [0.29, 0.717) is 31.0 Å². The van der Waals surface area contributed by atoms with E-state index >= 15 is 0 Å². The van der Waals surface area contributed by atoms with Gasteiger partial charge in [0.1, 0.15) is 0 Å². The quantitative estimate of drug-likeness (QED) is 0.853. The van der Waals surface area contributed by atoms with Gasteiger partial charge in [-0.05, 0) is 67.8 Å². The molecule has 0 radical (unpaired) electrons. The Morgan fingerprint density at radius 2 is 2.00 bits per heavy atom. The van der Waals surface area contributed by atoms with Crippen LogP contribution >= 0.6 is 0 Å². The third kappa shape index (κ3) is 3.06. The van der Waals surface area contributed by atoms with Crippen LogP contribution in [0.3, 0.4) is 0 Å². The maximum absolute atomic E-state index is 13.3. The number of hydrogen-bond acceptors (Lipinski definition) is 4.